The predicted molar refractivity (Wildman–Crippen MR) is 102 cm³/mol. The number of fused-ring (bicyclic) bond motifs is 2. The first-order chi connectivity index (χ1) is 12.8. The smallest absolute Gasteiger partial charge is 0.302 e. The first-order valence-electron chi connectivity index (χ1n) is 8.45. The maximum atomic E-state index is 13.4. The Morgan fingerprint density at radius 1 is 1.26 bits per heavy atom. The number of H-pyrrole nitrogens is 1. The van der Waals surface area contributed by atoms with Crippen molar-refractivity contribution in [2.75, 3.05) is 6.61 Å². The topological polar surface area (TPSA) is 94.6 Å². The molecule has 0 saturated heterocycles. The van der Waals surface area contributed by atoms with Gasteiger partial charge in [0.1, 0.15) is 5.82 Å². The first-order valence-corrected chi connectivity index (χ1v) is 10.00. The lowest BCUT2D eigenvalue weighted by Gasteiger charge is -2.28. The molecular formula is C19H19FN2O4S. The van der Waals surface area contributed by atoms with Gasteiger partial charge < -0.3 is 9.72 Å². The minimum Gasteiger partial charge on any atom is -0.466 e. The Bertz CT molecular complexity index is 1030. The summed E-state index contributed by atoms with van der Waals surface area (Å²) < 4.78 is 41.9. The molecule has 1 atom stereocenters. The van der Waals surface area contributed by atoms with E-state index < -0.39 is 10.8 Å². The quantitative estimate of drug-likeness (QED) is 0.489. The molecule has 1 aliphatic heterocycles. The van der Waals surface area contributed by atoms with E-state index in [1.165, 1.54) is 19.1 Å². The van der Waals surface area contributed by atoms with E-state index in [4.69, 9.17) is 4.74 Å². The van der Waals surface area contributed by atoms with Crippen LogP contribution in [0.25, 0.3) is 22.0 Å². The van der Waals surface area contributed by atoms with E-state index in [1.807, 2.05) is 12.1 Å². The third-order valence-electron chi connectivity index (χ3n) is 4.67. The molecule has 0 spiro atoms. The van der Waals surface area contributed by atoms with Crippen molar-refractivity contribution in [3.8, 4) is 11.1 Å². The molecule has 1 aromatic heterocycles. The van der Waals surface area contributed by atoms with Crippen LogP contribution in [-0.4, -0.2) is 26.7 Å². The van der Waals surface area contributed by atoms with Gasteiger partial charge in [-0.1, -0.05) is 6.07 Å². The minimum atomic E-state index is -3.09. The summed E-state index contributed by atoms with van der Waals surface area (Å²) in [5.74, 6) is -0.687. The fourth-order valence-electron chi connectivity index (χ4n) is 3.45. The number of esters is 1. The fraction of sp³-hybridized carbons (Fsp3) is 0.211. The van der Waals surface area contributed by atoms with Crippen molar-refractivity contribution in [3.63, 3.8) is 0 Å². The zero-order chi connectivity index (χ0) is 19.2. The third-order valence-corrected chi connectivity index (χ3v) is 6.26. The number of ether oxygens (including phenoxy) is 1. The van der Waals surface area contributed by atoms with E-state index in [-0.39, 0.29) is 24.4 Å². The van der Waals surface area contributed by atoms with E-state index in [0.717, 1.165) is 22.1 Å². The monoisotopic (exact) mass is 390 g/mol. The number of halogens is 1. The largest absolute Gasteiger partial charge is 0.466 e. The minimum absolute atomic E-state index is 0.179. The number of rotatable bonds is 4. The average molecular weight is 390 g/mol. The van der Waals surface area contributed by atoms with Crippen molar-refractivity contribution in [3.05, 3.63) is 54.0 Å². The molecule has 0 fully saturated rings. The number of carbonyl (C=O) groups is 1. The highest BCUT2D eigenvalue weighted by molar-refractivity contribution is 8.22. The van der Waals surface area contributed by atoms with E-state index >= 15 is 0 Å². The van der Waals surface area contributed by atoms with Crippen LogP contribution in [0.4, 0.5) is 4.39 Å². The van der Waals surface area contributed by atoms with Crippen molar-refractivity contribution in [2.45, 2.75) is 24.3 Å². The standard InChI is InChI=1S/C19H19FN2O4S/c1-11(23)26-7-6-17-15-8-12(2-5-19(15)27(24,25)22-17)16-10-21-18-9-13(20)3-4-14(16)18/h2-5,8-10,17,21-22,24-25H,6-7H2,1H3. The van der Waals surface area contributed by atoms with Crippen LogP contribution in [0.5, 0.6) is 0 Å². The van der Waals surface area contributed by atoms with Crippen LogP contribution in [0.3, 0.4) is 0 Å². The first kappa shape index (κ1) is 18.0. The van der Waals surface area contributed by atoms with Gasteiger partial charge in [0, 0.05) is 36.0 Å². The number of aromatic nitrogens is 1. The SMILES string of the molecule is CC(=O)OCCC1NS(O)(O)c2ccc(-c3c[nH]c4cc(F)ccc34)cc21. The zero-order valence-corrected chi connectivity index (χ0v) is 15.3. The van der Waals surface area contributed by atoms with Gasteiger partial charge in [-0.05, 0) is 41.5 Å². The number of hydrogen-bond acceptors (Lipinski definition) is 5. The average Bonchev–Trinajstić information content (AvgIpc) is 3.13. The summed E-state index contributed by atoms with van der Waals surface area (Å²) in [6.07, 6.45) is 2.23. The Hall–Kier alpha value is -2.39. The molecule has 4 N–H and O–H groups in total. The van der Waals surface area contributed by atoms with Crippen molar-refractivity contribution >= 4 is 27.6 Å². The van der Waals surface area contributed by atoms with Crippen LogP contribution >= 0.6 is 10.8 Å². The van der Waals surface area contributed by atoms with E-state index in [2.05, 4.69) is 9.71 Å². The Morgan fingerprint density at radius 3 is 2.85 bits per heavy atom. The Balaban J connectivity index is 1.71. The van der Waals surface area contributed by atoms with Crippen LogP contribution < -0.4 is 4.72 Å². The Labute approximate surface area is 156 Å². The van der Waals surface area contributed by atoms with Gasteiger partial charge in [-0.25, -0.2) is 9.11 Å². The van der Waals surface area contributed by atoms with Crippen LogP contribution in [0, 0.1) is 5.82 Å². The molecule has 4 rings (SSSR count). The fourth-order valence-corrected chi connectivity index (χ4v) is 5.00. The summed E-state index contributed by atoms with van der Waals surface area (Å²) in [6, 6.07) is 9.63. The molecule has 0 aliphatic carbocycles. The van der Waals surface area contributed by atoms with E-state index in [9.17, 15) is 18.3 Å². The summed E-state index contributed by atoms with van der Waals surface area (Å²) in [4.78, 5) is 14.5. The van der Waals surface area contributed by atoms with Crippen molar-refractivity contribution in [2.24, 2.45) is 0 Å². The predicted octanol–water partition coefficient (Wildman–Crippen LogP) is 4.60. The van der Waals surface area contributed by atoms with Crippen molar-refractivity contribution in [1.82, 2.24) is 9.71 Å². The summed E-state index contributed by atoms with van der Waals surface area (Å²) in [5.41, 5.74) is 3.23. The highest BCUT2D eigenvalue weighted by Crippen LogP contribution is 2.56. The lowest BCUT2D eigenvalue weighted by atomic mass is 9.98. The number of nitrogens with one attached hydrogen (secondary N) is 2. The number of carbonyl (C=O) groups excluding carboxylic acids is 1. The lowest BCUT2D eigenvalue weighted by Crippen LogP contribution is -2.19. The third kappa shape index (κ3) is 3.32. The number of aromatic amines is 1. The molecule has 2 aromatic carbocycles. The maximum absolute atomic E-state index is 13.4. The van der Waals surface area contributed by atoms with E-state index in [0.29, 0.717) is 16.8 Å². The van der Waals surface area contributed by atoms with Crippen LogP contribution in [0.2, 0.25) is 0 Å². The van der Waals surface area contributed by atoms with Gasteiger partial charge in [0.05, 0.1) is 17.5 Å². The molecular weight excluding hydrogens is 371 g/mol. The molecule has 0 radical (unpaired) electrons. The van der Waals surface area contributed by atoms with Crippen LogP contribution in [0.15, 0.2) is 47.5 Å². The molecule has 6 nitrogen and oxygen atoms in total. The molecule has 0 bridgehead atoms. The van der Waals surface area contributed by atoms with Gasteiger partial charge in [0.25, 0.3) is 0 Å². The summed E-state index contributed by atoms with van der Waals surface area (Å²) in [7, 11) is -3.09. The lowest BCUT2D eigenvalue weighted by molar-refractivity contribution is -0.141. The van der Waals surface area contributed by atoms with Gasteiger partial charge in [-0.15, -0.1) is 10.8 Å². The molecule has 1 unspecified atom stereocenters. The second-order valence-corrected chi connectivity index (χ2v) is 8.27. The van der Waals surface area contributed by atoms with Gasteiger partial charge in [-0.3, -0.25) is 13.9 Å². The van der Waals surface area contributed by atoms with Gasteiger partial charge in [0.15, 0.2) is 0 Å². The Kier molecular flexibility index (Phi) is 4.43. The molecule has 1 aliphatic rings. The van der Waals surface area contributed by atoms with E-state index in [1.54, 1.807) is 18.3 Å². The van der Waals surface area contributed by atoms with Gasteiger partial charge >= 0.3 is 5.97 Å². The second kappa shape index (κ2) is 6.65. The zero-order valence-electron chi connectivity index (χ0n) is 14.5. The molecule has 3 aromatic rings. The number of benzene rings is 2. The van der Waals surface area contributed by atoms with Crippen LogP contribution in [0.1, 0.15) is 24.9 Å². The summed E-state index contributed by atoms with van der Waals surface area (Å²) in [5, 5.41) is 0.880. The van der Waals surface area contributed by atoms with Gasteiger partial charge in [0.2, 0.25) is 0 Å². The molecule has 0 amide bonds. The normalized spacial score (nSPS) is 19.0. The molecule has 0 saturated carbocycles. The summed E-state index contributed by atoms with van der Waals surface area (Å²) >= 11 is 0. The van der Waals surface area contributed by atoms with Crippen molar-refractivity contribution in [1.29, 1.82) is 0 Å². The van der Waals surface area contributed by atoms with Crippen LogP contribution in [-0.2, 0) is 9.53 Å². The molecule has 2 heterocycles. The highest BCUT2D eigenvalue weighted by Gasteiger charge is 2.34. The second-order valence-electron chi connectivity index (χ2n) is 6.49. The van der Waals surface area contributed by atoms with Crippen molar-refractivity contribution < 1.29 is 23.0 Å². The summed E-state index contributed by atoms with van der Waals surface area (Å²) in [6.45, 7) is 1.51. The van der Waals surface area contributed by atoms with Gasteiger partial charge in [-0.2, -0.15) is 0 Å². The molecule has 27 heavy (non-hydrogen) atoms. The molecule has 8 heteroatoms. The Morgan fingerprint density at radius 2 is 2.07 bits per heavy atom. The molecule has 142 valence electrons. The maximum Gasteiger partial charge on any atom is 0.302 e. The highest BCUT2D eigenvalue weighted by atomic mass is 32.3. The number of hydrogen-bond donors (Lipinski definition) is 4.